The molecule has 0 fully saturated rings. The summed E-state index contributed by atoms with van der Waals surface area (Å²) in [5.41, 5.74) is 3.95. The van der Waals surface area contributed by atoms with Crippen LogP contribution in [0.2, 0.25) is 5.02 Å². The molecule has 4 aromatic rings. The van der Waals surface area contributed by atoms with Crippen LogP contribution in [0, 0.1) is 0 Å². The molecule has 3 heterocycles. The minimum absolute atomic E-state index is 0.362. The summed E-state index contributed by atoms with van der Waals surface area (Å²) >= 11 is 7.75. The molecule has 2 amide bonds. The first-order valence-electron chi connectivity index (χ1n) is 11.8. The summed E-state index contributed by atoms with van der Waals surface area (Å²) in [6, 6.07) is 17.2. The molecule has 0 atom stereocenters. The molecule has 2 aromatic heterocycles. The number of hydrogen-bond acceptors (Lipinski definition) is 5. The predicted octanol–water partition coefficient (Wildman–Crippen LogP) is 5.99. The monoisotopic (exact) mass is 520 g/mol. The number of fused-ring (bicyclic) bond motifs is 1. The molecule has 1 N–H and O–H groups in total. The Morgan fingerprint density at radius 1 is 0.944 bits per heavy atom. The SMILES string of the molecule is CCOC(Cn1cc(C2=C(c3ccsc3-c3cccc(Cl)c3)C(=O)NC2=O)c2ccccc21)OCC. The molecule has 0 saturated heterocycles. The zero-order valence-corrected chi connectivity index (χ0v) is 21.5. The second-order valence-electron chi connectivity index (χ2n) is 8.26. The number of benzene rings is 2. The molecule has 0 spiro atoms. The lowest BCUT2D eigenvalue weighted by molar-refractivity contribution is -0.143. The van der Waals surface area contributed by atoms with Crippen LogP contribution in [0.5, 0.6) is 0 Å². The van der Waals surface area contributed by atoms with Gasteiger partial charge in [-0.1, -0.05) is 41.9 Å². The van der Waals surface area contributed by atoms with Gasteiger partial charge in [-0.3, -0.25) is 14.9 Å². The van der Waals surface area contributed by atoms with Crippen molar-refractivity contribution in [3.63, 3.8) is 0 Å². The van der Waals surface area contributed by atoms with E-state index in [1.165, 1.54) is 11.3 Å². The third-order valence-electron chi connectivity index (χ3n) is 6.06. The second-order valence-corrected chi connectivity index (χ2v) is 9.61. The summed E-state index contributed by atoms with van der Waals surface area (Å²) < 4.78 is 13.6. The number of nitrogens with one attached hydrogen (secondary N) is 1. The van der Waals surface area contributed by atoms with Crippen LogP contribution in [-0.2, 0) is 25.6 Å². The molecule has 0 bridgehead atoms. The van der Waals surface area contributed by atoms with E-state index in [4.69, 9.17) is 21.1 Å². The first-order chi connectivity index (χ1) is 17.5. The summed E-state index contributed by atoms with van der Waals surface area (Å²) in [4.78, 5) is 27.2. The Morgan fingerprint density at radius 3 is 2.39 bits per heavy atom. The predicted molar refractivity (Wildman–Crippen MR) is 144 cm³/mol. The van der Waals surface area contributed by atoms with Crippen molar-refractivity contribution in [2.24, 2.45) is 0 Å². The van der Waals surface area contributed by atoms with Gasteiger partial charge in [-0.2, -0.15) is 0 Å². The maximum Gasteiger partial charge on any atom is 0.259 e. The van der Waals surface area contributed by atoms with Crippen LogP contribution in [-0.4, -0.2) is 35.9 Å². The lowest BCUT2D eigenvalue weighted by Crippen LogP contribution is -2.23. The van der Waals surface area contributed by atoms with E-state index in [0.29, 0.717) is 47.1 Å². The summed E-state index contributed by atoms with van der Waals surface area (Å²) in [5, 5.41) is 5.92. The molecule has 5 rings (SSSR count). The highest BCUT2D eigenvalue weighted by molar-refractivity contribution is 7.14. The molecule has 8 heteroatoms. The van der Waals surface area contributed by atoms with E-state index in [1.807, 2.05) is 84.6 Å². The Kier molecular flexibility index (Phi) is 7.07. The summed E-state index contributed by atoms with van der Waals surface area (Å²) in [7, 11) is 0. The number of amides is 2. The van der Waals surface area contributed by atoms with Gasteiger partial charge in [0.1, 0.15) is 0 Å². The number of carbonyl (C=O) groups is 2. The summed E-state index contributed by atoms with van der Waals surface area (Å²) in [6.07, 6.45) is 1.48. The standard InChI is InChI=1S/C28H25ClN2O4S/c1-3-34-23(35-4-2)16-31-15-21(19-10-5-6-11-22(19)31)25-24(27(32)30-28(25)33)20-12-13-36-26(20)17-8-7-9-18(29)14-17/h5-15,23H,3-4,16H2,1-2H3,(H,30,32,33). The molecule has 2 aromatic carbocycles. The van der Waals surface area contributed by atoms with E-state index in [0.717, 1.165) is 21.3 Å². The van der Waals surface area contributed by atoms with E-state index in [2.05, 4.69) is 5.32 Å². The maximum absolute atomic E-state index is 13.2. The molecule has 0 unspecified atom stereocenters. The Hall–Kier alpha value is -3.23. The van der Waals surface area contributed by atoms with Crippen LogP contribution in [0.4, 0.5) is 0 Å². The number of aromatic nitrogens is 1. The number of nitrogens with zero attached hydrogens (tertiary/aromatic N) is 1. The zero-order valence-electron chi connectivity index (χ0n) is 19.9. The fraction of sp³-hybridized carbons (Fsp3) is 0.214. The van der Waals surface area contributed by atoms with Crippen molar-refractivity contribution in [3.05, 3.63) is 82.3 Å². The normalized spacial score (nSPS) is 13.9. The Balaban J connectivity index is 1.68. The van der Waals surface area contributed by atoms with Crippen LogP contribution in [0.1, 0.15) is 25.0 Å². The van der Waals surface area contributed by atoms with E-state index < -0.39 is 18.1 Å². The Labute approximate surface area is 218 Å². The molecule has 0 radical (unpaired) electrons. The van der Waals surface area contributed by atoms with Gasteiger partial charge in [0.15, 0.2) is 6.29 Å². The van der Waals surface area contributed by atoms with Crippen molar-refractivity contribution in [3.8, 4) is 10.4 Å². The van der Waals surface area contributed by atoms with Gasteiger partial charge in [0.25, 0.3) is 11.8 Å². The molecule has 1 aliphatic heterocycles. The third kappa shape index (κ3) is 4.51. The number of thiophene rings is 1. The molecule has 0 aliphatic carbocycles. The number of rotatable bonds is 9. The topological polar surface area (TPSA) is 69.6 Å². The van der Waals surface area contributed by atoms with Crippen LogP contribution in [0.3, 0.4) is 0 Å². The van der Waals surface area contributed by atoms with E-state index in [1.54, 1.807) is 0 Å². The number of halogens is 1. The van der Waals surface area contributed by atoms with Gasteiger partial charge in [0.2, 0.25) is 0 Å². The zero-order chi connectivity index (χ0) is 25.2. The molecule has 184 valence electrons. The van der Waals surface area contributed by atoms with Crippen LogP contribution in [0.15, 0.2) is 66.2 Å². The van der Waals surface area contributed by atoms with Gasteiger partial charge in [-0.25, -0.2) is 0 Å². The van der Waals surface area contributed by atoms with Crippen molar-refractivity contribution >= 4 is 56.8 Å². The number of carbonyl (C=O) groups excluding carboxylic acids is 2. The van der Waals surface area contributed by atoms with Gasteiger partial charge >= 0.3 is 0 Å². The number of hydrogen-bond donors (Lipinski definition) is 1. The second kappa shape index (κ2) is 10.4. The quantitative estimate of drug-likeness (QED) is 0.217. The van der Waals surface area contributed by atoms with Crippen molar-refractivity contribution in [1.82, 2.24) is 9.88 Å². The summed E-state index contributed by atoms with van der Waals surface area (Å²) in [6.45, 7) is 5.34. The minimum atomic E-state index is -0.428. The number of para-hydroxylation sites is 1. The minimum Gasteiger partial charge on any atom is -0.351 e. The fourth-order valence-electron chi connectivity index (χ4n) is 4.61. The van der Waals surface area contributed by atoms with Crippen LogP contribution >= 0.6 is 22.9 Å². The van der Waals surface area contributed by atoms with E-state index >= 15 is 0 Å². The molecule has 6 nitrogen and oxygen atoms in total. The van der Waals surface area contributed by atoms with Crippen LogP contribution < -0.4 is 5.32 Å². The highest BCUT2D eigenvalue weighted by atomic mass is 35.5. The van der Waals surface area contributed by atoms with Gasteiger partial charge in [-0.15, -0.1) is 11.3 Å². The lowest BCUT2D eigenvalue weighted by Gasteiger charge is -2.18. The third-order valence-corrected chi connectivity index (χ3v) is 7.26. The molecular weight excluding hydrogens is 496 g/mol. The molecular formula is C28H25ClN2O4S. The van der Waals surface area contributed by atoms with Gasteiger partial charge in [-0.05, 0) is 49.1 Å². The van der Waals surface area contributed by atoms with Gasteiger partial charge in [0, 0.05) is 51.3 Å². The highest BCUT2D eigenvalue weighted by Crippen LogP contribution is 2.42. The number of ether oxygens (including phenoxy) is 2. The van der Waals surface area contributed by atoms with Crippen molar-refractivity contribution in [2.45, 2.75) is 26.7 Å². The molecule has 36 heavy (non-hydrogen) atoms. The highest BCUT2D eigenvalue weighted by Gasteiger charge is 2.35. The molecule has 0 saturated carbocycles. The van der Waals surface area contributed by atoms with Gasteiger partial charge in [0.05, 0.1) is 17.7 Å². The smallest absolute Gasteiger partial charge is 0.259 e. The maximum atomic E-state index is 13.2. The average molecular weight is 521 g/mol. The van der Waals surface area contributed by atoms with Gasteiger partial charge < -0.3 is 14.0 Å². The molecule has 1 aliphatic rings. The Bertz CT molecular complexity index is 1480. The van der Waals surface area contributed by atoms with Crippen LogP contribution in [0.25, 0.3) is 32.5 Å². The first kappa shape index (κ1) is 24.5. The van der Waals surface area contributed by atoms with Crippen molar-refractivity contribution in [1.29, 1.82) is 0 Å². The largest absolute Gasteiger partial charge is 0.351 e. The lowest BCUT2D eigenvalue weighted by atomic mass is 9.95. The van der Waals surface area contributed by atoms with Crippen molar-refractivity contribution < 1.29 is 19.1 Å². The first-order valence-corrected chi connectivity index (χ1v) is 13.0. The number of imide groups is 1. The average Bonchev–Trinajstić information content (AvgIpc) is 3.55. The van der Waals surface area contributed by atoms with E-state index in [9.17, 15) is 9.59 Å². The fourth-order valence-corrected chi connectivity index (χ4v) is 5.70. The van der Waals surface area contributed by atoms with E-state index in [-0.39, 0.29) is 0 Å². The summed E-state index contributed by atoms with van der Waals surface area (Å²) in [5.74, 6) is -0.817. The van der Waals surface area contributed by atoms with Crippen molar-refractivity contribution in [2.75, 3.05) is 13.2 Å². The Morgan fingerprint density at radius 2 is 1.67 bits per heavy atom.